The number of rotatable bonds is 18. The molecule has 13 nitrogen and oxygen atoms in total. The molecule has 0 atom stereocenters. The highest BCUT2D eigenvalue weighted by Crippen LogP contribution is 2.43. The number of anilines is 12. The first kappa shape index (κ1) is 55.0. The van der Waals surface area contributed by atoms with Gasteiger partial charge in [0.1, 0.15) is 23.3 Å². The van der Waals surface area contributed by atoms with Gasteiger partial charge in [-0.1, -0.05) is 72.8 Å². The molecule has 0 heterocycles. The minimum atomic E-state index is -1.30. The maximum Gasteiger partial charge on any atom is 0.346 e. The van der Waals surface area contributed by atoms with Crippen molar-refractivity contribution in [2.75, 3.05) is 19.6 Å². The topological polar surface area (TPSA) is 177 Å². The number of benzene rings is 9. The molecule has 0 aromatic heterocycles. The zero-order chi connectivity index (χ0) is 57.9. The Labute approximate surface area is 475 Å². The summed E-state index contributed by atoms with van der Waals surface area (Å²) in [6, 6.07) is 74.5. The Morgan fingerprint density at radius 2 is 0.598 bits per heavy atom. The molecule has 398 valence electrons. The summed E-state index contributed by atoms with van der Waals surface area (Å²) in [5.41, 5.74) is 13.9. The van der Waals surface area contributed by atoms with Crippen LogP contribution in [0, 0.1) is 50.0 Å². The summed E-state index contributed by atoms with van der Waals surface area (Å²) in [6.07, 6.45) is 4.03. The molecule has 0 bridgehead atoms. The summed E-state index contributed by atoms with van der Waals surface area (Å²) < 4.78 is 0. The van der Waals surface area contributed by atoms with Crippen molar-refractivity contribution in [3.8, 4) is 12.1 Å². The summed E-state index contributed by atoms with van der Waals surface area (Å²) in [6.45, 7) is 13.4. The van der Waals surface area contributed by atoms with E-state index in [0.29, 0.717) is 16.7 Å². The van der Waals surface area contributed by atoms with Crippen LogP contribution in [0.25, 0.3) is 23.1 Å². The van der Waals surface area contributed by atoms with Crippen molar-refractivity contribution >= 4 is 104 Å². The van der Waals surface area contributed by atoms with Crippen LogP contribution >= 0.6 is 0 Å². The Morgan fingerprint density at radius 3 is 0.805 bits per heavy atom. The zero-order valence-corrected chi connectivity index (χ0v) is 44.7. The molecule has 0 amide bonds. The predicted molar refractivity (Wildman–Crippen MR) is 324 cm³/mol. The van der Waals surface area contributed by atoms with Crippen molar-refractivity contribution in [2.24, 2.45) is 0 Å². The van der Waals surface area contributed by atoms with E-state index in [4.69, 9.17) is 6.57 Å². The number of nitriles is 2. The van der Waals surface area contributed by atoms with Crippen LogP contribution in [0.2, 0.25) is 0 Å². The number of aryl methyl sites for hydroxylation is 3. The van der Waals surface area contributed by atoms with E-state index in [-0.39, 0.29) is 16.8 Å². The fraction of sp³-hybridized carbons (Fsp3) is 0.0435. The van der Waals surface area contributed by atoms with Crippen molar-refractivity contribution in [1.82, 2.24) is 0 Å². The lowest BCUT2D eigenvalue weighted by molar-refractivity contribution is -0.133. The normalized spacial score (nSPS) is 11.3. The number of aliphatic carboxylic acids is 3. The Kier molecular flexibility index (Phi) is 16.6. The molecule has 0 aliphatic carbocycles. The highest BCUT2D eigenvalue weighted by molar-refractivity contribution is 5.98. The van der Waals surface area contributed by atoms with Gasteiger partial charge in [0.05, 0.1) is 6.57 Å². The highest BCUT2D eigenvalue weighted by atomic mass is 16.4. The summed E-state index contributed by atoms with van der Waals surface area (Å²) in [5, 5.41) is 47.4. The first-order chi connectivity index (χ1) is 39.7. The Morgan fingerprint density at radius 1 is 0.366 bits per heavy atom. The van der Waals surface area contributed by atoms with E-state index in [0.717, 1.165) is 84.9 Å². The minimum absolute atomic E-state index is 0.369. The molecule has 9 rings (SSSR count). The van der Waals surface area contributed by atoms with Gasteiger partial charge in [0, 0.05) is 68.2 Å². The van der Waals surface area contributed by atoms with Gasteiger partial charge in [0.2, 0.25) is 0 Å². The number of nitrogens with zero attached hydrogens (tertiary/aromatic N) is 7. The predicted octanol–water partition coefficient (Wildman–Crippen LogP) is 16.8. The molecule has 0 saturated heterocycles. The van der Waals surface area contributed by atoms with Gasteiger partial charge in [0.15, 0.2) is 0 Å². The van der Waals surface area contributed by atoms with E-state index in [2.05, 4.69) is 79.0 Å². The zero-order valence-electron chi connectivity index (χ0n) is 44.7. The molecular weight excluding hydrogens is 1020 g/mol. The van der Waals surface area contributed by atoms with Crippen molar-refractivity contribution in [3.05, 3.63) is 280 Å². The van der Waals surface area contributed by atoms with Gasteiger partial charge in [0.25, 0.3) is 5.70 Å². The van der Waals surface area contributed by atoms with Gasteiger partial charge in [-0.05, 0) is 218 Å². The van der Waals surface area contributed by atoms with Crippen molar-refractivity contribution in [1.29, 1.82) is 10.5 Å². The van der Waals surface area contributed by atoms with Crippen LogP contribution < -0.4 is 19.6 Å². The van der Waals surface area contributed by atoms with Crippen LogP contribution in [-0.2, 0) is 14.4 Å². The lowest BCUT2D eigenvalue weighted by atomic mass is 10.1. The summed E-state index contributed by atoms with van der Waals surface area (Å²) in [5.74, 6) is -3.90. The van der Waals surface area contributed by atoms with Crippen LogP contribution in [0.1, 0.15) is 33.4 Å². The molecular formula is C69H51N7O6. The Hall–Kier alpha value is -11.7. The SMILES string of the molecule is [C-]#[N+]/C(=C/c1ccc(N(c2ccc(N(c3ccc(N(c4ccc(/C=C(/C#N)C(=O)O)cc4)c4cccc(C)c4)cc3)c3ccc(N(c4ccc(/C=C(\C#N)C(=O)O)cc4)c4cccc(C)c4)cc3)cc2)c2cccc(C)c2)cc1)C(=O)O. The van der Waals surface area contributed by atoms with E-state index in [1.54, 1.807) is 48.5 Å². The van der Waals surface area contributed by atoms with Crippen LogP contribution in [0.4, 0.5) is 68.2 Å². The van der Waals surface area contributed by atoms with Gasteiger partial charge < -0.3 is 34.9 Å². The third-order valence-corrected chi connectivity index (χ3v) is 13.3. The maximum atomic E-state index is 11.7. The molecule has 9 aromatic carbocycles. The molecule has 9 aromatic rings. The minimum Gasteiger partial charge on any atom is -0.486 e. The molecule has 0 unspecified atom stereocenters. The third kappa shape index (κ3) is 12.7. The van der Waals surface area contributed by atoms with E-state index in [1.165, 1.54) is 18.2 Å². The monoisotopic (exact) mass is 1070 g/mol. The number of hydrogen-bond donors (Lipinski definition) is 3. The van der Waals surface area contributed by atoms with Gasteiger partial charge in [-0.15, -0.1) is 0 Å². The molecule has 13 heteroatoms. The molecule has 0 aliphatic rings. The summed E-state index contributed by atoms with van der Waals surface area (Å²) >= 11 is 0. The highest BCUT2D eigenvalue weighted by Gasteiger charge is 2.21. The van der Waals surface area contributed by atoms with Crippen molar-refractivity contribution in [2.45, 2.75) is 20.8 Å². The van der Waals surface area contributed by atoms with Crippen LogP contribution in [-0.4, -0.2) is 33.2 Å². The number of carboxylic acids is 3. The van der Waals surface area contributed by atoms with E-state index in [9.17, 15) is 40.2 Å². The van der Waals surface area contributed by atoms with Crippen LogP contribution in [0.15, 0.2) is 235 Å². The molecule has 0 radical (unpaired) electrons. The quantitative estimate of drug-likeness (QED) is 0.0422. The average molecular weight is 1070 g/mol. The first-order valence-electron chi connectivity index (χ1n) is 25.7. The fourth-order valence-electron chi connectivity index (χ4n) is 9.42. The van der Waals surface area contributed by atoms with Crippen LogP contribution in [0.5, 0.6) is 0 Å². The lowest BCUT2D eigenvalue weighted by Gasteiger charge is -2.30. The number of hydrogen-bond acceptors (Lipinski definition) is 9. The second-order valence-electron chi connectivity index (χ2n) is 19.1. The molecule has 0 aliphatic heterocycles. The van der Waals surface area contributed by atoms with Gasteiger partial charge >= 0.3 is 17.9 Å². The standard InChI is InChI=1S/C69H51N7O6/c1-46-8-5-11-63(38-46)74(54-20-14-49(15-21-54)41-52(44-70)67(77)78)60-32-26-57(27-33-60)73(58-28-34-61(35-29-58)75(64-12-6-9-47(2)39-64)55-22-16-50(17-23-55)42-53(45-71)68(79)80)59-30-36-62(37-31-59)76(65-13-7-10-48(3)40-65)56-24-18-51(19-25-56)43-66(72-4)69(81)82/h5-43H,1-3H3,(H,77,78)(H,79,80)(H,81,82)/b52-41-,53-42+,66-43+. The van der Waals surface area contributed by atoms with E-state index >= 15 is 0 Å². The lowest BCUT2D eigenvalue weighted by Crippen LogP contribution is -2.14. The number of carbonyl (C=O) groups is 3. The fourth-order valence-corrected chi connectivity index (χ4v) is 9.42. The summed E-state index contributed by atoms with van der Waals surface area (Å²) in [4.78, 5) is 46.6. The molecule has 0 spiro atoms. The van der Waals surface area contributed by atoms with Crippen LogP contribution in [0.3, 0.4) is 0 Å². The second-order valence-corrected chi connectivity index (χ2v) is 19.1. The molecule has 0 saturated carbocycles. The van der Waals surface area contributed by atoms with Crippen molar-refractivity contribution in [3.63, 3.8) is 0 Å². The molecule has 0 fully saturated rings. The Bertz CT molecular complexity index is 3650. The maximum absolute atomic E-state index is 11.7. The third-order valence-electron chi connectivity index (χ3n) is 13.3. The van der Waals surface area contributed by atoms with Gasteiger partial charge in [-0.2, -0.15) is 10.5 Å². The summed E-state index contributed by atoms with van der Waals surface area (Å²) in [7, 11) is 0. The average Bonchev–Trinajstić information content (AvgIpc) is 3.53. The van der Waals surface area contributed by atoms with E-state index < -0.39 is 17.9 Å². The first-order valence-corrected chi connectivity index (χ1v) is 25.7. The smallest absolute Gasteiger partial charge is 0.346 e. The Balaban J connectivity index is 1.15. The molecule has 82 heavy (non-hydrogen) atoms. The second kappa shape index (κ2) is 24.7. The molecule has 3 N–H and O–H groups in total. The van der Waals surface area contributed by atoms with Gasteiger partial charge in [-0.25, -0.2) is 14.4 Å². The largest absolute Gasteiger partial charge is 0.486 e. The van der Waals surface area contributed by atoms with Crippen molar-refractivity contribution < 1.29 is 29.7 Å². The van der Waals surface area contributed by atoms with E-state index in [1.807, 2.05) is 148 Å². The van der Waals surface area contributed by atoms with Gasteiger partial charge in [-0.3, -0.25) is 4.79 Å². The number of carboxylic acid groups (broad SMARTS) is 3.